The van der Waals surface area contributed by atoms with Gasteiger partial charge in [-0.2, -0.15) is 9.61 Å². The number of para-hydroxylation sites is 1. The van der Waals surface area contributed by atoms with Crippen LogP contribution >= 0.6 is 11.3 Å². The number of benzene rings is 2. The van der Waals surface area contributed by atoms with Gasteiger partial charge in [0.25, 0.3) is 0 Å². The van der Waals surface area contributed by atoms with Crippen molar-refractivity contribution in [2.75, 3.05) is 14.2 Å². The van der Waals surface area contributed by atoms with Gasteiger partial charge in [-0.1, -0.05) is 35.6 Å². The lowest BCUT2D eigenvalue weighted by Gasteiger charge is -2.08. The van der Waals surface area contributed by atoms with Gasteiger partial charge in [-0.25, -0.2) is 0 Å². The number of ether oxygens (including phenoxy) is 2. The van der Waals surface area contributed by atoms with Gasteiger partial charge in [0.05, 0.1) is 14.2 Å². The number of rotatable bonds is 5. The molecule has 0 aliphatic heterocycles. The fourth-order valence-electron chi connectivity index (χ4n) is 3.42. The van der Waals surface area contributed by atoms with Gasteiger partial charge in [0.15, 0.2) is 17.3 Å². The summed E-state index contributed by atoms with van der Waals surface area (Å²) >= 11 is 1.51. The number of furan rings is 1. The summed E-state index contributed by atoms with van der Waals surface area (Å²) in [5, 5.41) is 15.3. The zero-order valence-electron chi connectivity index (χ0n) is 16.2. The largest absolute Gasteiger partial charge is 0.493 e. The van der Waals surface area contributed by atoms with E-state index in [9.17, 15) is 0 Å². The third kappa shape index (κ3) is 2.92. The Bertz CT molecular complexity index is 1330. The van der Waals surface area contributed by atoms with Crippen molar-refractivity contribution in [3.8, 4) is 23.1 Å². The maximum Gasteiger partial charge on any atom is 0.235 e. The van der Waals surface area contributed by atoms with Crippen LogP contribution in [0.5, 0.6) is 11.5 Å². The molecule has 0 bridgehead atoms. The monoisotopic (exact) mass is 406 g/mol. The van der Waals surface area contributed by atoms with Crippen LogP contribution in [0.2, 0.25) is 0 Å². The van der Waals surface area contributed by atoms with E-state index >= 15 is 0 Å². The van der Waals surface area contributed by atoms with Crippen LogP contribution in [-0.2, 0) is 6.42 Å². The van der Waals surface area contributed by atoms with Crippen LogP contribution in [0.4, 0.5) is 0 Å². The van der Waals surface area contributed by atoms with E-state index in [1.54, 1.807) is 18.7 Å². The van der Waals surface area contributed by atoms with E-state index < -0.39 is 0 Å². The van der Waals surface area contributed by atoms with Gasteiger partial charge < -0.3 is 13.9 Å². The summed E-state index contributed by atoms with van der Waals surface area (Å²) in [6.07, 6.45) is 0.660. The fourth-order valence-corrected chi connectivity index (χ4v) is 4.29. The Balaban J connectivity index is 1.52. The second-order valence-corrected chi connectivity index (χ2v) is 7.67. The van der Waals surface area contributed by atoms with E-state index in [1.807, 2.05) is 49.4 Å². The summed E-state index contributed by atoms with van der Waals surface area (Å²) in [6.45, 7) is 2.03. The third-order valence-corrected chi connectivity index (χ3v) is 5.78. The van der Waals surface area contributed by atoms with Crippen LogP contribution < -0.4 is 9.47 Å². The zero-order chi connectivity index (χ0) is 20.0. The molecule has 0 N–H and O–H groups in total. The van der Waals surface area contributed by atoms with Crippen LogP contribution in [-0.4, -0.2) is 34.0 Å². The Morgan fingerprint density at radius 1 is 1.03 bits per heavy atom. The molecule has 0 unspecified atom stereocenters. The minimum absolute atomic E-state index is 0.614. The lowest BCUT2D eigenvalue weighted by molar-refractivity contribution is 0.354. The van der Waals surface area contributed by atoms with Gasteiger partial charge in [-0.3, -0.25) is 0 Å². The molecule has 146 valence electrons. The number of nitrogens with zero attached hydrogens (tertiary/aromatic N) is 4. The van der Waals surface area contributed by atoms with Crippen molar-refractivity contribution in [3.63, 3.8) is 0 Å². The van der Waals surface area contributed by atoms with Gasteiger partial charge in [-0.15, -0.1) is 10.2 Å². The summed E-state index contributed by atoms with van der Waals surface area (Å²) in [6, 6.07) is 13.8. The predicted molar refractivity (Wildman–Crippen MR) is 111 cm³/mol. The quantitative estimate of drug-likeness (QED) is 0.427. The van der Waals surface area contributed by atoms with Crippen molar-refractivity contribution < 1.29 is 13.9 Å². The second kappa shape index (κ2) is 6.89. The van der Waals surface area contributed by atoms with Crippen LogP contribution in [0.1, 0.15) is 16.1 Å². The average Bonchev–Trinajstić information content (AvgIpc) is 3.41. The highest BCUT2D eigenvalue weighted by molar-refractivity contribution is 7.16. The van der Waals surface area contributed by atoms with Gasteiger partial charge >= 0.3 is 0 Å². The molecule has 5 aromatic rings. The maximum atomic E-state index is 6.05. The molecule has 0 atom stereocenters. The number of hydrogen-bond acceptors (Lipinski definition) is 7. The molecule has 5 rings (SSSR count). The first kappa shape index (κ1) is 17.7. The lowest BCUT2D eigenvalue weighted by Crippen LogP contribution is -1.95. The van der Waals surface area contributed by atoms with Crippen molar-refractivity contribution >= 4 is 27.3 Å². The molecule has 29 heavy (non-hydrogen) atoms. The van der Waals surface area contributed by atoms with Crippen molar-refractivity contribution in [2.24, 2.45) is 0 Å². The summed E-state index contributed by atoms with van der Waals surface area (Å²) in [4.78, 5) is 0.732. The minimum Gasteiger partial charge on any atom is -0.493 e. The molecule has 0 amide bonds. The van der Waals surface area contributed by atoms with E-state index in [0.29, 0.717) is 29.5 Å². The van der Waals surface area contributed by atoms with Gasteiger partial charge in [-0.05, 0) is 30.7 Å². The van der Waals surface area contributed by atoms with Crippen LogP contribution in [0.3, 0.4) is 0 Å². The first-order chi connectivity index (χ1) is 14.2. The highest BCUT2D eigenvalue weighted by atomic mass is 32.1. The molecule has 0 aliphatic rings. The van der Waals surface area contributed by atoms with Crippen LogP contribution in [0.15, 0.2) is 46.9 Å². The van der Waals surface area contributed by atoms with Crippen LogP contribution in [0, 0.1) is 6.92 Å². The molecule has 0 fully saturated rings. The van der Waals surface area contributed by atoms with E-state index in [0.717, 1.165) is 32.1 Å². The van der Waals surface area contributed by atoms with E-state index in [2.05, 4.69) is 10.2 Å². The topological polar surface area (TPSA) is 74.7 Å². The molecule has 0 aliphatic carbocycles. The molecule has 3 aromatic heterocycles. The predicted octanol–water partition coefficient (Wildman–Crippen LogP) is 4.52. The molecule has 0 saturated heterocycles. The standard InChI is InChI=1S/C21H18N4O3S/c1-12-14-6-4-5-7-15(14)28-19(12)20-22-23-21-25(20)24-18(29-21)11-13-8-9-16(26-2)17(10-13)27-3/h4-10H,11H2,1-3H3. The summed E-state index contributed by atoms with van der Waals surface area (Å²) in [5.41, 5.74) is 2.94. The first-order valence-corrected chi connectivity index (χ1v) is 9.90. The highest BCUT2D eigenvalue weighted by Gasteiger charge is 2.20. The summed E-state index contributed by atoms with van der Waals surface area (Å²) in [7, 11) is 3.26. The first-order valence-electron chi connectivity index (χ1n) is 9.08. The van der Waals surface area contributed by atoms with Crippen molar-refractivity contribution in [1.82, 2.24) is 19.8 Å². The minimum atomic E-state index is 0.614. The Kier molecular flexibility index (Phi) is 4.21. The molecule has 7 nitrogen and oxygen atoms in total. The Morgan fingerprint density at radius 2 is 1.86 bits per heavy atom. The van der Waals surface area contributed by atoms with Gasteiger partial charge in [0.1, 0.15) is 10.6 Å². The van der Waals surface area contributed by atoms with Gasteiger partial charge in [0, 0.05) is 17.4 Å². The van der Waals surface area contributed by atoms with E-state index in [1.165, 1.54) is 11.3 Å². The lowest BCUT2D eigenvalue weighted by atomic mass is 10.1. The number of fused-ring (bicyclic) bond motifs is 2. The highest BCUT2D eigenvalue weighted by Crippen LogP contribution is 2.33. The second-order valence-electron chi connectivity index (χ2n) is 6.63. The maximum absolute atomic E-state index is 6.05. The summed E-state index contributed by atoms with van der Waals surface area (Å²) < 4.78 is 18.5. The molecule has 3 heterocycles. The molecule has 2 aromatic carbocycles. The number of methoxy groups -OCH3 is 2. The van der Waals surface area contributed by atoms with E-state index in [4.69, 9.17) is 19.0 Å². The number of aromatic nitrogens is 4. The average molecular weight is 406 g/mol. The molecular formula is C21H18N4O3S. The fraction of sp³-hybridized carbons (Fsp3) is 0.190. The Labute approximate surface area is 170 Å². The Hall–Kier alpha value is -3.39. The molecule has 0 spiro atoms. The van der Waals surface area contributed by atoms with Gasteiger partial charge in [0.2, 0.25) is 10.8 Å². The van der Waals surface area contributed by atoms with Crippen molar-refractivity contribution in [2.45, 2.75) is 13.3 Å². The van der Waals surface area contributed by atoms with Crippen molar-refractivity contribution in [3.05, 3.63) is 58.6 Å². The summed E-state index contributed by atoms with van der Waals surface area (Å²) in [5.74, 6) is 2.72. The molecule has 8 heteroatoms. The van der Waals surface area contributed by atoms with Crippen LogP contribution in [0.25, 0.3) is 27.5 Å². The zero-order valence-corrected chi connectivity index (χ0v) is 17.0. The number of hydrogen-bond donors (Lipinski definition) is 0. The third-order valence-electron chi connectivity index (χ3n) is 4.88. The molecule has 0 saturated carbocycles. The number of aryl methyl sites for hydroxylation is 1. The smallest absolute Gasteiger partial charge is 0.235 e. The van der Waals surface area contributed by atoms with E-state index in [-0.39, 0.29) is 0 Å². The molecule has 0 radical (unpaired) electrons. The SMILES string of the molecule is COc1ccc(Cc2nn3c(-c4oc5ccccc5c4C)nnc3s2)cc1OC. The normalized spacial score (nSPS) is 11.4. The van der Waals surface area contributed by atoms with Crippen molar-refractivity contribution in [1.29, 1.82) is 0 Å². The Morgan fingerprint density at radius 3 is 2.66 bits per heavy atom. The molecular weight excluding hydrogens is 388 g/mol.